The maximum absolute atomic E-state index is 12.3. The van der Waals surface area contributed by atoms with Crippen molar-refractivity contribution >= 4 is 21.8 Å². The third-order valence-electron chi connectivity index (χ3n) is 4.16. The Morgan fingerprint density at radius 1 is 1.25 bits per heavy atom. The van der Waals surface area contributed by atoms with Gasteiger partial charge >= 0.3 is 10.2 Å². The molecule has 0 unspecified atom stereocenters. The first kappa shape index (κ1) is 16.5. The summed E-state index contributed by atoms with van der Waals surface area (Å²) in [6, 6.07) is 8.49. The molecule has 1 aromatic carbocycles. The number of hydrogen-bond acceptors (Lipinski definition) is 5. The van der Waals surface area contributed by atoms with Crippen LogP contribution in [0.25, 0.3) is 0 Å². The number of hydrogen-bond donors (Lipinski definition) is 1. The van der Waals surface area contributed by atoms with Gasteiger partial charge in [0.25, 0.3) is 5.91 Å². The molecule has 0 bridgehead atoms. The fourth-order valence-electron chi connectivity index (χ4n) is 2.77. The quantitative estimate of drug-likeness (QED) is 0.895. The molecular formula is C16H19N3O4S. The molecule has 3 rings (SSSR count). The number of amides is 1. The van der Waals surface area contributed by atoms with Crippen molar-refractivity contribution in [3.8, 4) is 0 Å². The zero-order chi connectivity index (χ0) is 17.2. The van der Waals surface area contributed by atoms with Crippen molar-refractivity contribution in [1.82, 2.24) is 9.71 Å². The second-order valence-corrected chi connectivity index (χ2v) is 7.49. The van der Waals surface area contributed by atoms with Crippen LogP contribution in [0.2, 0.25) is 0 Å². The summed E-state index contributed by atoms with van der Waals surface area (Å²) in [5, 5.41) is 0. The van der Waals surface area contributed by atoms with E-state index in [0.29, 0.717) is 11.6 Å². The third kappa shape index (κ3) is 3.43. The van der Waals surface area contributed by atoms with Gasteiger partial charge in [0.1, 0.15) is 6.26 Å². The van der Waals surface area contributed by atoms with Crippen molar-refractivity contribution in [3.63, 3.8) is 0 Å². The highest BCUT2D eigenvalue weighted by Gasteiger charge is 2.26. The van der Waals surface area contributed by atoms with Crippen LogP contribution in [-0.2, 0) is 10.2 Å². The molecule has 24 heavy (non-hydrogen) atoms. The zero-order valence-electron chi connectivity index (χ0n) is 13.3. The Labute approximate surface area is 140 Å². The Hall–Kier alpha value is -2.35. The van der Waals surface area contributed by atoms with Gasteiger partial charge in [0.15, 0.2) is 11.6 Å². The molecular weight excluding hydrogens is 330 g/mol. The third-order valence-corrected chi connectivity index (χ3v) is 5.54. The number of aromatic nitrogens is 1. The van der Waals surface area contributed by atoms with Gasteiger partial charge in [0.2, 0.25) is 0 Å². The van der Waals surface area contributed by atoms with Crippen LogP contribution in [0, 0.1) is 0 Å². The number of anilines is 1. The molecule has 0 spiro atoms. The lowest BCUT2D eigenvalue weighted by atomic mass is 10.1. The molecule has 1 heterocycles. The highest BCUT2D eigenvalue weighted by molar-refractivity contribution is 7.91. The van der Waals surface area contributed by atoms with Crippen LogP contribution in [0.3, 0.4) is 0 Å². The van der Waals surface area contributed by atoms with Crippen molar-refractivity contribution < 1.29 is 17.6 Å². The molecule has 7 nitrogen and oxygen atoms in total. The van der Waals surface area contributed by atoms with Crippen LogP contribution >= 0.6 is 0 Å². The molecule has 0 atom stereocenters. The molecule has 1 aliphatic rings. The van der Waals surface area contributed by atoms with E-state index < -0.39 is 16.1 Å². The number of nitrogens with one attached hydrogen (secondary N) is 1. The van der Waals surface area contributed by atoms with Crippen LogP contribution in [0.1, 0.15) is 48.0 Å². The number of carbonyl (C=O) groups excluding carboxylic acids is 1. The van der Waals surface area contributed by atoms with Crippen molar-refractivity contribution in [1.29, 1.82) is 0 Å². The second-order valence-electron chi connectivity index (χ2n) is 5.79. The Morgan fingerprint density at radius 3 is 2.58 bits per heavy atom. The molecule has 8 heteroatoms. The van der Waals surface area contributed by atoms with Crippen molar-refractivity contribution in [3.05, 3.63) is 48.2 Å². The fourth-order valence-corrected chi connectivity index (χ4v) is 3.64. The minimum atomic E-state index is -4.02. The summed E-state index contributed by atoms with van der Waals surface area (Å²) in [6.45, 7) is 0. The van der Waals surface area contributed by atoms with Crippen molar-refractivity contribution in [2.75, 3.05) is 11.4 Å². The minimum Gasteiger partial charge on any atom is -0.448 e. The van der Waals surface area contributed by atoms with Gasteiger partial charge in [-0.1, -0.05) is 31.0 Å². The maximum Gasteiger partial charge on any atom is 0.326 e. The maximum atomic E-state index is 12.3. The summed E-state index contributed by atoms with van der Waals surface area (Å²) in [4.78, 5) is 16.3. The molecule has 128 valence electrons. The predicted molar refractivity (Wildman–Crippen MR) is 88.9 cm³/mol. The lowest BCUT2D eigenvalue weighted by Gasteiger charge is -2.19. The number of carbonyl (C=O) groups is 1. The van der Waals surface area contributed by atoms with E-state index in [4.69, 9.17) is 4.42 Å². The summed E-state index contributed by atoms with van der Waals surface area (Å²) in [5.74, 6) is -0.0765. The highest BCUT2D eigenvalue weighted by atomic mass is 32.2. The number of oxazole rings is 1. The van der Waals surface area contributed by atoms with Crippen LogP contribution in [0.4, 0.5) is 5.69 Å². The summed E-state index contributed by atoms with van der Waals surface area (Å²) >= 11 is 0. The van der Waals surface area contributed by atoms with E-state index >= 15 is 0 Å². The largest absolute Gasteiger partial charge is 0.448 e. The molecule has 0 saturated heterocycles. The average Bonchev–Trinajstić information content (AvgIpc) is 3.25. The molecule has 0 radical (unpaired) electrons. The Bertz CT molecular complexity index is 811. The first-order chi connectivity index (χ1) is 11.5. The molecule has 1 saturated carbocycles. The second kappa shape index (κ2) is 6.64. The van der Waals surface area contributed by atoms with Crippen molar-refractivity contribution in [2.24, 2.45) is 0 Å². The molecule has 1 N–H and O–H groups in total. The zero-order valence-corrected chi connectivity index (χ0v) is 14.1. The summed E-state index contributed by atoms with van der Waals surface area (Å²) in [5.41, 5.74) is 0.423. The lowest BCUT2D eigenvalue weighted by molar-refractivity contribution is 0.0976. The first-order valence-electron chi connectivity index (χ1n) is 7.79. The normalized spacial score (nSPS) is 15.4. The van der Waals surface area contributed by atoms with Gasteiger partial charge in [-0.25, -0.2) is 9.71 Å². The van der Waals surface area contributed by atoms with Crippen LogP contribution in [-0.4, -0.2) is 26.4 Å². The van der Waals surface area contributed by atoms with E-state index in [-0.39, 0.29) is 11.6 Å². The Morgan fingerprint density at radius 2 is 1.92 bits per heavy atom. The van der Waals surface area contributed by atoms with E-state index in [9.17, 15) is 13.2 Å². The molecule has 1 fully saturated rings. The van der Waals surface area contributed by atoms with E-state index in [0.717, 1.165) is 30.0 Å². The van der Waals surface area contributed by atoms with Gasteiger partial charge < -0.3 is 4.42 Å². The lowest BCUT2D eigenvalue weighted by Crippen LogP contribution is -2.41. The van der Waals surface area contributed by atoms with E-state index in [1.807, 2.05) is 4.72 Å². The van der Waals surface area contributed by atoms with Crippen LogP contribution in [0.15, 0.2) is 41.0 Å². The topological polar surface area (TPSA) is 92.5 Å². The van der Waals surface area contributed by atoms with Gasteiger partial charge in [-0.3, -0.25) is 9.10 Å². The molecule has 1 aliphatic carbocycles. The fraction of sp³-hybridized carbons (Fsp3) is 0.375. The smallest absolute Gasteiger partial charge is 0.326 e. The number of nitrogens with zero attached hydrogens (tertiary/aromatic N) is 2. The SMILES string of the molecule is CN(c1ccccc1)S(=O)(=O)NC(=O)c1coc(C2CCCC2)n1. The molecule has 1 amide bonds. The van der Waals surface area contributed by atoms with Gasteiger partial charge in [-0.05, 0) is 25.0 Å². The number of para-hydroxylation sites is 1. The monoisotopic (exact) mass is 349 g/mol. The van der Waals surface area contributed by atoms with Gasteiger partial charge in [0.05, 0.1) is 5.69 Å². The molecule has 0 aliphatic heterocycles. The van der Waals surface area contributed by atoms with E-state index in [1.54, 1.807) is 30.3 Å². The van der Waals surface area contributed by atoms with Crippen LogP contribution in [0.5, 0.6) is 0 Å². The number of rotatable bonds is 5. The van der Waals surface area contributed by atoms with Gasteiger partial charge in [-0.15, -0.1) is 0 Å². The van der Waals surface area contributed by atoms with Gasteiger partial charge in [-0.2, -0.15) is 8.42 Å². The highest BCUT2D eigenvalue weighted by Crippen LogP contribution is 2.33. The Kier molecular flexibility index (Phi) is 4.57. The summed E-state index contributed by atoms with van der Waals surface area (Å²) in [7, 11) is -2.65. The molecule has 2 aromatic rings. The van der Waals surface area contributed by atoms with Crippen molar-refractivity contribution in [2.45, 2.75) is 31.6 Å². The molecule has 1 aromatic heterocycles. The summed E-state index contributed by atoms with van der Waals surface area (Å²) < 4.78 is 33.0. The van der Waals surface area contributed by atoms with E-state index in [1.165, 1.54) is 13.3 Å². The first-order valence-corrected chi connectivity index (χ1v) is 9.23. The van der Waals surface area contributed by atoms with Gasteiger partial charge in [0, 0.05) is 13.0 Å². The van der Waals surface area contributed by atoms with Crippen LogP contribution < -0.4 is 9.03 Å². The predicted octanol–water partition coefficient (Wildman–Crippen LogP) is 2.44. The summed E-state index contributed by atoms with van der Waals surface area (Å²) in [6.07, 6.45) is 5.41. The van der Waals surface area contributed by atoms with E-state index in [2.05, 4.69) is 4.98 Å². The number of benzene rings is 1. The minimum absolute atomic E-state index is 0.0260. The average molecular weight is 349 g/mol. The Balaban J connectivity index is 1.71. The standard InChI is InChI=1S/C16H19N3O4S/c1-19(13-9-3-2-4-10-13)24(21,22)18-15(20)14-11-23-16(17-14)12-7-5-6-8-12/h2-4,9-12H,5-8H2,1H3,(H,18,20).